The highest BCUT2D eigenvalue weighted by molar-refractivity contribution is 7.18. The van der Waals surface area contributed by atoms with Crippen molar-refractivity contribution in [2.24, 2.45) is 10.7 Å². The maximum atomic E-state index is 11.7. The van der Waals surface area contributed by atoms with Crippen molar-refractivity contribution in [1.82, 2.24) is 15.6 Å². The second-order valence-electron chi connectivity index (χ2n) is 7.20. The van der Waals surface area contributed by atoms with E-state index >= 15 is 0 Å². The molecule has 11 nitrogen and oxygen atoms in total. The van der Waals surface area contributed by atoms with Crippen molar-refractivity contribution in [3.8, 4) is 10.4 Å². The molecule has 8 N–H and O–H groups in total. The molecular weight excluding hydrogens is 562 g/mol. The number of carbonyl (C=O) groups excluding carboxylic acids is 1. The number of nitrogens with two attached hydrogens (primary N) is 2. The van der Waals surface area contributed by atoms with Gasteiger partial charge >= 0.3 is 30.3 Å². The first-order valence-corrected chi connectivity index (χ1v) is 11.5. The van der Waals surface area contributed by atoms with Gasteiger partial charge in [0.1, 0.15) is 0 Å². The van der Waals surface area contributed by atoms with E-state index < -0.39 is 24.3 Å². The van der Waals surface area contributed by atoms with Crippen LogP contribution >= 0.6 is 11.3 Å². The summed E-state index contributed by atoms with van der Waals surface area (Å²) in [6.45, 7) is 4.66. The maximum absolute atomic E-state index is 11.7. The quantitative estimate of drug-likeness (QED) is 0.124. The number of unbranched alkanes of at least 4 members (excludes halogenated alkanes) is 2. The molecule has 218 valence electrons. The van der Waals surface area contributed by atoms with Crippen molar-refractivity contribution in [3.63, 3.8) is 0 Å². The van der Waals surface area contributed by atoms with E-state index in [1.807, 2.05) is 31.2 Å². The zero-order valence-electron chi connectivity index (χ0n) is 20.5. The van der Waals surface area contributed by atoms with Crippen molar-refractivity contribution in [1.29, 1.82) is 0 Å². The summed E-state index contributed by atoms with van der Waals surface area (Å²) in [6, 6.07) is 7.18. The summed E-state index contributed by atoms with van der Waals surface area (Å²) in [5.41, 5.74) is 14.1. The Balaban J connectivity index is 0.000000848. The normalized spacial score (nSPS) is 11.3. The molecule has 0 unspecified atom stereocenters. The summed E-state index contributed by atoms with van der Waals surface area (Å²) in [4.78, 5) is 38.9. The van der Waals surface area contributed by atoms with Crippen LogP contribution in [0.5, 0.6) is 0 Å². The minimum Gasteiger partial charge on any atom is -0.475 e. The molecule has 0 radical (unpaired) electrons. The molecule has 0 aliphatic heterocycles. The average Bonchev–Trinajstić information content (AvgIpc) is 3.14. The Morgan fingerprint density at radius 3 is 1.87 bits per heavy atom. The lowest BCUT2D eigenvalue weighted by molar-refractivity contribution is -0.193. The van der Waals surface area contributed by atoms with Gasteiger partial charge in [-0.05, 0) is 31.0 Å². The van der Waals surface area contributed by atoms with Gasteiger partial charge in [-0.1, -0.05) is 43.2 Å². The van der Waals surface area contributed by atoms with E-state index in [0.29, 0.717) is 17.4 Å². The Labute approximate surface area is 221 Å². The van der Waals surface area contributed by atoms with Gasteiger partial charge in [0.25, 0.3) is 0 Å². The molecule has 18 heteroatoms. The lowest BCUT2D eigenvalue weighted by Gasteiger charge is -2.07. The van der Waals surface area contributed by atoms with Crippen LogP contribution in [0.4, 0.5) is 42.0 Å². The van der Waals surface area contributed by atoms with Gasteiger partial charge in [0.05, 0.1) is 16.3 Å². The summed E-state index contributed by atoms with van der Waals surface area (Å²) < 4.78 is 63.5. The maximum Gasteiger partial charge on any atom is 0.490 e. The van der Waals surface area contributed by atoms with Gasteiger partial charge in [0.15, 0.2) is 5.13 Å². The van der Waals surface area contributed by atoms with Gasteiger partial charge in [-0.2, -0.15) is 26.3 Å². The fourth-order valence-electron chi connectivity index (χ4n) is 2.28. The molecule has 1 aromatic carbocycles. The average molecular weight is 589 g/mol. The van der Waals surface area contributed by atoms with Gasteiger partial charge in [0.2, 0.25) is 5.96 Å². The molecule has 39 heavy (non-hydrogen) atoms. The molecule has 0 aliphatic rings. The molecular formula is C21H26F6N6O5S. The molecule has 0 aliphatic carbocycles. The number of alkyl halides is 6. The molecule has 1 heterocycles. The molecule has 0 fully saturated rings. The van der Waals surface area contributed by atoms with Crippen LogP contribution in [0.25, 0.3) is 10.4 Å². The van der Waals surface area contributed by atoms with Crippen LogP contribution in [0.2, 0.25) is 0 Å². The first kappa shape index (κ1) is 34.9. The van der Waals surface area contributed by atoms with Gasteiger partial charge < -0.3 is 27.0 Å². The minimum atomic E-state index is -5.08. The number of nitrogen functional groups attached to an aromatic ring is 1. The van der Waals surface area contributed by atoms with Crippen molar-refractivity contribution in [2.75, 3.05) is 12.3 Å². The fourth-order valence-corrected chi connectivity index (χ4v) is 3.12. The SMILES string of the molecule is CCCCCNC(=O)NC(N)=Nc1ccc(-c2sc(N)nc2C)cc1.O=C(O)C(F)(F)F.O=C(O)C(F)(F)F. The number of thiazole rings is 1. The third-order valence-electron chi connectivity index (χ3n) is 3.98. The van der Waals surface area contributed by atoms with Gasteiger partial charge in [-0.15, -0.1) is 0 Å². The second-order valence-corrected chi connectivity index (χ2v) is 8.24. The van der Waals surface area contributed by atoms with E-state index in [-0.39, 0.29) is 12.0 Å². The highest BCUT2D eigenvalue weighted by Gasteiger charge is 2.38. The number of aliphatic carboxylic acids is 2. The molecule has 2 rings (SSSR count). The number of halogens is 6. The monoisotopic (exact) mass is 588 g/mol. The number of anilines is 1. The number of nitrogens with zero attached hydrogens (tertiary/aromatic N) is 2. The van der Waals surface area contributed by atoms with Crippen molar-refractivity contribution in [3.05, 3.63) is 30.0 Å². The van der Waals surface area contributed by atoms with Crippen molar-refractivity contribution >= 4 is 46.1 Å². The van der Waals surface area contributed by atoms with Crippen molar-refractivity contribution < 1.29 is 50.9 Å². The Kier molecular flexibility index (Phi) is 14.3. The Morgan fingerprint density at radius 2 is 1.49 bits per heavy atom. The van der Waals surface area contributed by atoms with Crippen LogP contribution in [0.1, 0.15) is 31.9 Å². The fraction of sp³-hybridized carbons (Fsp3) is 0.381. The van der Waals surface area contributed by atoms with Gasteiger partial charge in [-0.25, -0.2) is 24.4 Å². The number of benzene rings is 1. The molecule has 1 aromatic heterocycles. The first-order chi connectivity index (χ1) is 17.9. The largest absolute Gasteiger partial charge is 0.490 e. The minimum absolute atomic E-state index is 0.0546. The number of amides is 2. The van der Waals surface area contributed by atoms with Crippen LogP contribution in [0.15, 0.2) is 29.3 Å². The number of carboxylic acid groups (broad SMARTS) is 2. The zero-order valence-corrected chi connectivity index (χ0v) is 21.3. The number of carboxylic acids is 2. The van der Waals surface area contributed by atoms with Crippen LogP contribution in [0.3, 0.4) is 0 Å². The van der Waals surface area contributed by atoms with E-state index in [1.54, 1.807) is 0 Å². The number of hydrogen-bond acceptors (Lipinski definition) is 7. The third-order valence-corrected chi connectivity index (χ3v) is 5.02. The number of urea groups is 1. The molecule has 2 amide bonds. The summed E-state index contributed by atoms with van der Waals surface area (Å²) in [5, 5.41) is 20.1. The Bertz CT molecular complexity index is 1100. The Morgan fingerprint density at radius 1 is 1.00 bits per heavy atom. The van der Waals surface area contributed by atoms with E-state index in [0.717, 1.165) is 35.4 Å². The molecule has 0 atom stereocenters. The van der Waals surface area contributed by atoms with Crippen molar-refractivity contribution in [2.45, 2.75) is 45.5 Å². The molecule has 0 spiro atoms. The number of hydrogen-bond donors (Lipinski definition) is 6. The van der Waals surface area contributed by atoms with Crippen LogP contribution < -0.4 is 22.1 Å². The number of carbonyl (C=O) groups is 3. The highest BCUT2D eigenvalue weighted by atomic mass is 32.1. The molecule has 2 aromatic rings. The summed E-state index contributed by atoms with van der Waals surface area (Å²) in [6.07, 6.45) is -7.03. The lowest BCUT2D eigenvalue weighted by atomic mass is 10.1. The van der Waals surface area contributed by atoms with Gasteiger partial charge in [-0.3, -0.25) is 5.32 Å². The van der Waals surface area contributed by atoms with E-state index in [2.05, 4.69) is 27.5 Å². The topological polar surface area (TPSA) is 193 Å². The van der Waals surface area contributed by atoms with Crippen LogP contribution in [-0.2, 0) is 9.59 Å². The number of nitrogens with one attached hydrogen (secondary N) is 2. The lowest BCUT2D eigenvalue weighted by Crippen LogP contribution is -2.43. The van der Waals surface area contributed by atoms with Crippen LogP contribution in [-0.4, -0.2) is 58.0 Å². The van der Waals surface area contributed by atoms with Gasteiger partial charge in [0, 0.05) is 6.54 Å². The number of aliphatic imine (C=N–C) groups is 1. The zero-order chi connectivity index (χ0) is 30.4. The standard InChI is InChI=1S/C17H24N6OS.2C2HF3O2/c1-3-4-5-10-20-17(24)23-15(18)22-13-8-6-12(7-9-13)14-11(2)21-16(19)25-14;2*3-2(4,5)1(6)7/h6-9H,3-5,10H2,1-2H3,(H2,19,21)(H4,18,20,22,23,24);2*(H,6,7). The number of aromatic nitrogens is 1. The van der Waals surface area contributed by atoms with E-state index in [4.69, 9.17) is 31.3 Å². The molecule has 0 saturated heterocycles. The number of aryl methyl sites for hydroxylation is 1. The summed E-state index contributed by atoms with van der Waals surface area (Å²) >= 11 is 1.45. The third kappa shape index (κ3) is 15.0. The summed E-state index contributed by atoms with van der Waals surface area (Å²) in [7, 11) is 0. The first-order valence-electron chi connectivity index (χ1n) is 10.7. The number of guanidine groups is 1. The second kappa shape index (κ2) is 16.0. The predicted molar refractivity (Wildman–Crippen MR) is 131 cm³/mol. The molecule has 0 bridgehead atoms. The molecule has 0 saturated carbocycles. The van der Waals surface area contributed by atoms with Crippen LogP contribution in [0, 0.1) is 6.92 Å². The van der Waals surface area contributed by atoms with E-state index in [9.17, 15) is 31.1 Å². The summed E-state index contributed by atoms with van der Waals surface area (Å²) in [5.74, 6) is -5.46. The van der Waals surface area contributed by atoms with E-state index in [1.165, 1.54) is 11.3 Å². The Hall–Kier alpha value is -4.09. The predicted octanol–water partition coefficient (Wildman–Crippen LogP) is 4.40. The highest BCUT2D eigenvalue weighted by Crippen LogP contribution is 2.32. The number of rotatable bonds is 6. The smallest absolute Gasteiger partial charge is 0.475 e.